The number of fused-ring (bicyclic) bond motifs is 1. The summed E-state index contributed by atoms with van der Waals surface area (Å²) in [5.74, 6) is -0.207. The molecule has 2 aromatic rings. The minimum atomic E-state index is -0.793. The molecule has 1 aliphatic heterocycles. The standard InChI is InChI=1S/C13H12N2O2S/c16-13(17)11-7-18-12(15-11)10-6-14-5-8-3-1-2-4-9(8)10/h1-6,11-12,15H,7H2,(H,16,17). The molecule has 0 bridgehead atoms. The maximum atomic E-state index is 11.0. The fraction of sp³-hybridized carbons (Fsp3) is 0.231. The van der Waals surface area contributed by atoms with Crippen LogP contribution in [0.4, 0.5) is 0 Å². The van der Waals surface area contributed by atoms with Crippen molar-refractivity contribution in [3.05, 3.63) is 42.2 Å². The van der Waals surface area contributed by atoms with Gasteiger partial charge in [0.15, 0.2) is 0 Å². The molecule has 4 nitrogen and oxygen atoms in total. The monoisotopic (exact) mass is 260 g/mol. The van der Waals surface area contributed by atoms with Crippen LogP contribution in [0.1, 0.15) is 10.9 Å². The highest BCUT2D eigenvalue weighted by atomic mass is 32.2. The van der Waals surface area contributed by atoms with Gasteiger partial charge in [-0.25, -0.2) is 0 Å². The van der Waals surface area contributed by atoms with E-state index in [4.69, 9.17) is 5.11 Å². The van der Waals surface area contributed by atoms with E-state index >= 15 is 0 Å². The number of thioether (sulfide) groups is 1. The van der Waals surface area contributed by atoms with Crippen LogP contribution in [0.25, 0.3) is 10.8 Å². The normalized spacial score (nSPS) is 23.3. The molecule has 92 valence electrons. The molecule has 2 heterocycles. The summed E-state index contributed by atoms with van der Waals surface area (Å²) in [6.07, 6.45) is 3.64. The molecule has 1 aliphatic rings. The van der Waals surface area contributed by atoms with Crippen LogP contribution in [0, 0.1) is 0 Å². The summed E-state index contributed by atoms with van der Waals surface area (Å²) in [7, 11) is 0. The first kappa shape index (κ1) is 11.5. The lowest BCUT2D eigenvalue weighted by Gasteiger charge is -2.13. The van der Waals surface area contributed by atoms with Gasteiger partial charge in [-0.3, -0.25) is 15.1 Å². The molecule has 3 rings (SSSR count). The number of benzene rings is 1. The summed E-state index contributed by atoms with van der Waals surface area (Å²) < 4.78 is 0. The summed E-state index contributed by atoms with van der Waals surface area (Å²) in [6.45, 7) is 0. The van der Waals surface area contributed by atoms with Crippen LogP contribution >= 0.6 is 11.8 Å². The Bertz CT molecular complexity index is 597. The Balaban J connectivity index is 1.98. The Morgan fingerprint density at radius 3 is 3.00 bits per heavy atom. The summed E-state index contributed by atoms with van der Waals surface area (Å²) in [4.78, 5) is 15.2. The summed E-state index contributed by atoms with van der Waals surface area (Å²) in [6, 6.07) is 7.55. The van der Waals surface area contributed by atoms with Gasteiger partial charge in [-0.15, -0.1) is 11.8 Å². The van der Waals surface area contributed by atoms with E-state index in [0.717, 1.165) is 16.3 Å². The van der Waals surface area contributed by atoms with E-state index < -0.39 is 12.0 Å². The molecule has 1 aromatic heterocycles. The molecule has 2 unspecified atom stereocenters. The average molecular weight is 260 g/mol. The van der Waals surface area contributed by atoms with Crippen LogP contribution in [0.3, 0.4) is 0 Å². The molecule has 1 saturated heterocycles. The third kappa shape index (κ3) is 1.95. The average Bonchev–Trinajstić information content (AvgIpc) is 2.87. The van der Waals surface area contributed by atoms with Gasteiger partial charge in [-0.05, 0) is 5.39 Å². The van der Waals surface area contributed by atoms with Crippen molar-refractivity contribution in [3.63, 3.8) is 0 Å². The van der Waals surface area contributed by atoms with Crippen molar-refractivity contribution >= 4 is 28.5 Å². The maximum absolute atomic E-state index is 11.0. The molecule has 2 N–H and O–H groups in total. The molecular formula is C13H12N2O2S. The van der Waals surface area contributed by atoms with E-state index in [0.29, 0.717) is 5.75 Å². The lowest BCUT2D eigenvalue weighted by Crippen LogP contribution is -2.33. The second-order valence-corrected chi connectivity index (χ2v) is 5.36. The zero-order chi connectivity index (χ0) is 12.5. The second-order valence-electron chi connectivity index (χ2n) is 4.22. The van der Waals surface area contributed by atoms with Crippen molar-refractivity contribution in [2.45, 2.75) is 11.4 Å². The van der Waals surface area contributed by atoms with Crippen molar-refractivity contribution in [3.8, 4) is 0 Å². The van der Waals surface area contributed by atoms with Crippen LogP contribution in [-0.4, -0.2) is 27.9 Å². The van der Waals surface area contributed by atoms with Crippen LogP contribution in [0.5, 0.6) is 0 Å². The zero-order valence-electron chi connectivity index (χ0n) is 9.54. The molecular weight excluding hydrogens is 248 g/mol. The van der Waals surface area contributed by atoms with Crippen LogP contribution in [0.2, 0.25) is 0 Å². The van der Waals surface area contributed by atoms with Gasteiger partial charge < -0.3 is 5.11 Å². The second kappa shape index (κ2) is 4.59. The number of carboxylic acid groups (broad SMARTS) is 1. The van der Waals surface area contributed by atoms with E-state index in [-0.39, 0.29) is 5.37 Å². The SMILES string of the molecule is O=C(O)C1CSC(c2cncc3ccccc23)N1. The number of pyridine rings is 1. The number of aromatic nitrogens is 1. The van der Waals surface area contributed by atoms with Gasteiger partial charge in [0.25, 0.3) is 0 Å². The van der Waals surface area contributed by atoms with E-state index in [1.165, 1.54) is 0 Å². The van der Waals surface area contributed by atoms with Gasteiger partial charge in [-0.2, -0.15) is 0 Å². The predicted octanol–water partition coefficient (Wildman–Crippen LogP) is 2.02. The van der Waals surface area contributed by atoms with Crippen LogP contribution < -0.4 is 5.32 Å². The van der Waals surface area contributed by atoms with Gasteiger partial charge in [0.05, 0.1) is 5.37 Å². The minimum Gasteiger partial charge on any atom is -0.480 e. The van der Waals surface area contributed by atoms with Crippen LogP contribution in [-0.2, 0) is 4.79 Å². The number of nitrogens with one attached hydrogen (secondary N) is 1. The molecule has 5 heteroatoms. The van der Waals surface area contributed by atoms with E-state index in [2.05, 4.69) is 10.3 Å². The Hall–Kier alpha value is -1.59. The molecule has 1 fully saturated rings. The highest BCUT2D eigenvalue weighted by molar-refractivity contribution is 7.99. The number of rotatable bonds is 2. The first-order chi connectivity index (χ1) is 8.75. The van der Waals surface area contributed by atoms with Crippen LogP contribution in [0.15, 0.2) is 36.7 Å². The summed E-state index contributed by atoms with van der Waals surface area (Å²) in [5, 5.41) is 14.3. The zero-order valence-corrected chi connectivity index (χ0v) is 10.4. The summed E-state index contributed by atoms with van der Waals surface area (Å²) >= 11 is 1.61. The minimum absolute atomic E-state index is 0.00435. The Labute approximate surface area is 108 Å². The third-order valence-corrected chi connectivity index (χ3v) is 4.31. The van der Waals surface area contributed by atoms with Crippen molar-refractivity contribution in [2.24, 2.45) is 0 Å². The molecule has 0 radical (unpaired) electrons. The molecule has 0 aliphatic carbocycles. The number of hydrogen-bond acceptors (Lipinski definition) is 4. The molecule has 0 saturated carbocycles. The van der Waals surface area contributed by atoms with Gasteiger partial charge >= 0.3 is 5.97 Å². The highest BCUT2D eigenvalue weighted by Crippen LogP contribution is 2.35. The Morgan fingerprint density at radius 1 is 1.39 bits per heavy atom. The van der Waals surface area contributed by atoms with Crippen molar-refractivity contribution in [1.29, 1.82) is 0 Å². The largest absolute Gasteiger partial charge is 0.480 e. The number of carboxylic acids is 1. The van der Waals surface area contributed by atoms with Crippen molar-refractivity contribution in [1.82, 2.24) is 10.3 Å². The van der Waals surface area contributed by atoms with Crippen molar-refractivity contribution in [2.75, 3.05) is 5.75 Å². The quantitative estimate of drug-likeness (QED) is 0.865. The van der Waals surface area contributed by atoms with E-state index in [1.807, 2.05) is 36.7 Å². The van der Waals surface area contributed by atoms with Gasteiger partial charge in [0, 0.05) is 29.1 Å². The van der Waals surface area contributed by atoms with Gasteiger partial charge in [0.2, 0.25) is 0 Å². The third-order valence-electron chi connectivity index (χ3n) is 3.06. The lowest BCUT2D eigenvalue weighted by molar-refractivity contribution is -0.138. The van der Waals surface area contributed by atoms with Gasteiger partial charge in [-0.1, -0.05) is 24.3 Å². The molecule has 18 heavy (non-hydrogen) atoms. The molecule has 2 atom stereocenters. The molecule has 0 spiro atoms. The topological polar surface area (TPSA) is 62.2 Å². The number of carbonyl (C=O) groups is 1. The first-order valence-corrected chi connectivity index (χ1v) is 6.73. The molecule has 1 aromatic carbocycles. The Kier molecular flexibility index (Phi) is 2.93. The van der Waals surface area contributed by atoms with Crippen molar-refractivity contribution < 1.29 is 9.90 Å². The number of aliphatic carboxylic acids is 1. The summed E-state index contributed by atoms with van der Waals surface area (Å²) in [5.41, 5.74) is 1.06. The Morgan fingerprint density at radius 2 is 2.22 bits per heavy atom. The highest BCUT2D eigenvalue weighted by Gasteiger charge is 2.31. The van der Waals surface area contributed by atoms with Gasteiger partial charge in [0.1, 0.15) is 6.04 Å². The number of hydrogen-bond donors (Lipinski definition) is 2. The fourth-order valence-electron chi connectivity index (χ4n) is 2.14. The fourth-order valence-corrected chi connectivity index (χ4v) is 3.39. The number of nitrogens with zero attached hydrogens (tertiary/aromatic N) is 1. The van der Waals surface area contributed by atoms with E-state index in [9.17, 15) is 4.79 Å². The maximum Gasteiger partial charge on any atom is 0.321 e. The predicted molar refractivity (Wildman–Crippen MR) is 71.5 cm³/mol. The smallest absolute Gasteiger partial charge is 0.321 e. The first-order valence-electron chi connectivity index (χ1n) is 5.69. The lowest BCUT2D eigenvalue weighted by atomic mass is 10.1. The van der Waals surface area contributed by atoms with E-state index in [1.54, 1.807) is 11.8 Å². The molecule has 0 amide bonds.